The third-order valence-corrected chi connectivity index (χ3v) is 7.10. The molecule has 4 heterocycles. The average Bonchev–Trinajstić information content (AvgIpc) is 3.44. The van der Waals surface area contributed by atoms with Gasteiger partial charge < -0.3 is 19.7 Å². The lowest BCUT2D eigenvalue weighted by Crippen LogP contribution is -2.35. The van der Waals surface area contributed by atoms with Crippen LogP contribution < -0.4 is 10.1 Å². The molecule has 3 aliphatic heterocycles. The SMILES string of the molecule is C#C/C=C(\N=C1/CN=CC(F)=C1CCN1CCC(C)(CNCc2cc3c(cn2)OCS3)C1)OC. The van der Waals surface area contributed by atoms with E-state index in [0.29, 0.717) is 30.2 Å². The Hall–Kier alpha value is -2.67. The monoisotopic (exact) mass is 483 g/mol. The summed E-state index contributed by atoms with van der Waals surface area (Å²) in [5, 5.41) is 3.57. The highest BCUT2D eigenvalue weighted by atomic mass is 32.2. The Morgan fingerprint density at radius 2 is 2.41 bits per heavy atom. The van der Waals surface area contributed by atoms with Crippen molar-refractivity contribution in [2.45, 2.75) is 31.2 Å². The maximum atomic E-state index is 14.6. The van der Waals surface area contributed by atoms with E-state index >= 15 is 0 Å². The first-order valence-electron chi connectivity index (χ1n) is 11.3. The topological polar surface area (TPSA) is 71.3 Å². The number of dihydropyridines is 1. The largest absolute Gasteiger partial charge is 0.481 e. The van der Waals surface area contributed by atoms with E-state index in [2.05, 4.69) is 44.1 Å². The molecule has 1 fully saturated rings. The summed E-state index contributed by atoms with van der Waals surface area (Å²) < 4.78 is 25.3. The minimum absolute atomic E-state index is 0.158. The summed E-state index contributed by atoms with van der Waals surface area (Å²) in [5.41, 5.74) is 2.33. The number of pyridine rings is 1. The van der Waals surface area contributed by atoms with Gasteiger partial charge in [-0.15, -0.1) is 6.42 Å². The Balaban J connectivity index is 1.29. The van der Waals surface area contributed by atoms with Crippen molar-refractivity contribution in [2.75, 3.05) is 45.8 Å². The molecule has 9 heteroatoms. The van der Waals surface area contributed by atoms with Crippen molar-refractivity contribution in [2.24, 2.45) is 15.4 Å². The zero-order valence-corrected chi connectivity index (χ0v) is 20.5. The van der Waals surface area contributed by atoms with Gasteiger partial charge in [-0.05, 0) is 30.9 Å². The van der Waals surface area contributed by atoms with E-state index in [9.17, 15) is 4.39 Å². The van der Waals surface area contributed by atoms with Crippen LogP contribution in [0.2, 0.25) is 0 Å². The minimum atomic E-state index is -0.338. The number of nitrogens with one attached hydrogen (secondary N) is 1. The summed E-state index contributed by atoms with van der Waals surface area (Å²) in [6, 6.07) is 2.10. The van der Waals surface area contributed by atoms with E-state index in [1.807, 2.05) is 6.20 Å². The van der Waals surface area contributed by atoms with Crippen molar-refractivity contribution in [3.63, 3.8) is 0 Å². The second kappa shape index (κ2) is 11.2. The summed E-state index contributed by atoms with van der Waals surface area (Å²) in [4.78, 5) is 16.5. The highest BCUT2D eigenvalue weighted by Crippen LogP contribution is 2.35. The fourth-order valence-corrected chi connectivity index (χ4v) is 5.18. The van der Waals surface area contributed by atoms with Crippen molar-refractivity contribution in [1.82, 2.24) is 15.2 Å². The number of aliphatic imine (C=N–C) groups is 2. The Bertz CT molecular complexity index is 1080. The van der Waals surface area contributed by atoms with Crippen LogP contribution in [0, 0.1) is 17.8 Å². The quantitative estimate of drug-likeness (QED) is 0.428. The van der Waals surface area contributed by atoms with E-state index in [1.165, 1.54) is 19.4 Å². The first kappa shape index (κ1) is 24.5. The second-order valence-electron chi connectivity index (χ2n) is 8.93. The van der Waals surface area contributed by atoms with E-state index in [-0.39, 0.29) is 17.1 Å². The highest BCUT2D eigenvalue weighted by Gasteiger charge is 2.33. The number of rotatable bonds is 9. The number of nitrogens with zero attached hydrogens (tertiary/aromatic N) is 4. The van der Waals surface area contributed by atoms with E-state index < -0.39 is 0 Å². The Morgan fingerprint density at radius 1 is 1.53 bits per heavy atom. The normalized spacial score (nSPS) is 23.8. The van der Waals surface area contributed by atoms with Crippen LogP contribution in [-0.2, 0) is 11.3 Å². The van der Waals surface area contributed by atoms with Gasteiger partial charge in [-0.3, -0.25) is 9.98 Å². The molecule has 0 amide bonds. The van der Waals surface area contributed by atoms with Crippen molar-refractivity contribution in [1.29, 1.82) is 0 Å². The summed E-state index contributed by atoms with van der Waals surface area (Å²) in [7, 11) is 1.49. The van der Waals surface area contributed by atoms with Gasteiger partial charge in [0.2, 0.25) is 5.88 Å². The Kier molecular flexibility index (Phi) is 8.03. The summed E-state index contributed by atoms with van der Waals surface area (Å²) in [6.07, 6.45) is 11.5. The molecule has 1 atom stereocenters. The number of thioether (sulfide) groups is 1. The summed E-state index contributed by atoms with van der Waals surface area (Å²) in [5.74, 6) is 3.88. The predicted octanol–water partition coefficient (Wildman–Crippen LogP) is 3.59. The van der Waals surface area contributed by atoms with Gasteiger partial charge in [-0.1, -0.05) is 24.6 Å². The molecule has 7 nitrogen and oxygen atoms in total. The van der Waals surface area contributed by atoms with Gasteiger partial charge in [0.05, 0.1) is 48.4 Å². The molecule has 0 aromatic carbocycles. The van der Waals surface area contributed by atoms with E-state index in [4.69, 9.17) is 15.9 Å². The number of fused-ring (bicyclic) bond motifs is 1. The fourth-order valence-electron chi connectivity index (χ4n) is 4.39. The summed E-state index contributed by atoms with van der Waals surface area (Å²) >= 11 is 1.70. The molecule has 3 aliphatic rings. The molecule has 1 aromatic rings. The van der Waals surface area contributed by atoms with Crippen LogP contribution in [0.4, 0.5) is 4.39 Å². The van der Waals surface area contributed by atoms with Crippen LogP contribution in [0.3, 0.4) is 0 Å². The molecule has 1 aromatic heterocycles. The maximum absolute atomic E-state index is 14.6. The predicted molar refractivity (Wildman–Crippen MR) is 134 cm³/mol. The first-order chi connectivity index (χ1) is 16.5. The van der Waals surface area contributed by atoms with Crippen LogP contribution >= 0.6 is 11.8 Å². The Labute approximate surface area is 204 Å². The number of hydrogen-bond acceptors (Lipinski definition) is 8. The fraction of sp³-hybridized carbons (Fsp3) is 0.480. The molecule has 34 heavy (non-hydrogen) atoms. The van der Waals surface area contributed by atoms with E-state index in [0.717, 1.165) is 55.5 Å². The number of ether oxygens (including phenoxy) is 2. The maximum Gasteiger partial charge on any atom is 0.221 e. The van der Waals surface area contributed by atoms with Gasteiger partial charge >= 0.3 is 0 Å². The lowest BCUT2D eigenvalue weighted by atomic mass is 9.90. The van der Waals surface area contributed by atoms with Crippen molar-refractivity contribution >= 4 is 23.7 Å². The van der Waals surface area contributed by atoms with Gasteiger partial charge in [0.25, 0.3) is 0 Å². The van der Waals surface area contributed by atoms with Gasteiger partial charge in [0.1, 0.15) is 11.8 Å². The number of likely N-dealkylation sites (tertiary alicyclic amines) is 1. The molecule has 0 saturated carbocycles. The molecule has 4 rings (SSSR count). The van der Waals surface area contributed by atoms with Crippen LogP contribution in [0.5, 0.6) is 5.75 Å². The second-order valence-corrected chi connectivity index (χ2v) is 9.89. The molecule has 0 aliphatic carbocycles. The molecule has 0 spiro atoms. The molecular weight excluding hydrogens is 453 g/mol. The van der Waals surface area contributed by atoms with Gasteiger partial charge in [0, 0.05) is 31.8 Å². The van der Waals surface area contributed by atoms with Crippen LogP contribution in [0.25, 0.3) is 0 Å². The van der Waals surface area contributed by atoms with Crippen LogP contribution in [-0.4, -0.2) is 67.6 Å². The molecule has 1 N–H and O–H groups in total. The molecule has 0 radical (unpaired) electrons. The van der Waals surface area contributed by atoms with Crippen molar-refractivity contribution < 1.29 is 13.9 Å². The molecule has 1 unspecified atom stereocenters. The molecular formula is C25H30FN5O2S. The van der Waals surface area contributed by atoms with Crippen molar-refractivity contribution in [3.8, 4) is 18.1 Å². The zero-order valence-electron chi connectivity index (χ0n) is 19.6. The van der Waals surface area contributed by atoms with Crippen LogP contribution in [0.1, 0.15) is 25.5 Å². The van der Waals surface area contributed by atoms with Gasteiger partial charge in [0.15, 0.2) is 5.75 Å². The Morgan fingerprint density at radius 3 is 3.24 bits per heavy atom. The van der Waals surface area contributed by atoms with E-state index in [1.54, 1.807) is 11.8 Å². The van der Waals surface area contributed by atoms with Gasteiger partial charge in [-0.25, -0.2) is 9.38 Å². The third-order valence-electron chi connectivity index (χ3n) is 6.23. The molecule has 1 saturated heterocycles. The standard InChI is InChI=1S/C25H30FN5O2S/c1-4-5-24(32-3)30-21-13-27-12-20(26)19(21)6-8-31-9-7-25(2,16-31)15-28-11-18-10-23-22(14-29-18)33-17-34-23/h1,5,10,12,14,28H,6-9,11,13,15-17H2,2-3H3/b24-5+,30-21+. The number of terminal acetylenes is 1. The highest BCUT2D eigenvalue weighted by molar-refractivity contribution is 7.99. The molecule has 180 valence electrons. The third kappa shape index (κ3) is 6.06. The number of aromatic nitrogens is 1. The minimum Gasteiger partial charge on any atom is -0.481 e. The first-order valence-corrected chi connectivity index (χ1v) is 12.3. The lowest BCUT2D eigenvalue weighted by Gasteiger charge is -2.25. The average molecular weight is 484 g/mol. The lowest BCUT2D eigenvalue weighted by molar-refractivity contribution is 0.268. The van der Waals surface area contributed by atoms with Gasteiger partial charge in [-0.2, -0.15) is 0 Å². The number of halogens is 1. The number of methoxy groups -OCH3 is 1. The van der Waals surface area contributed by atoms with Crippen molar-refractivity contribution in [3.05, 3.63) is 41.3 Å². The van der Waals surface area contributed by atoms with Crippen LogP contribution in [0.15, 0.2) is 50.5 Å². The smallest absolute Gasteiger partial charge is 0.221 e. The molecule has 0 bridgehead atoms. The number of allylic oxidation sites excluding steroid dienone is 2. The summed E-state index contributed by atoms with van der Waals surface area (Å²) in [6.45, 7) is 6.95. The number of hydrogen-bond donors (Lipinski definition) is 1. The zero-order chi connectivity index (χ0) is 24.0.